The Morgan fingerprint density at radius 3 is 2.76 bits per heavy atom. The van der Waals surface area contributed by atoms with E-state index in [9.17, 15) is 14.5 Å². The second-order valence-corrected chi connectivity index (χ2v) is 4.07. The fraction of sp³-hybridized carbons (Fsp3) is 0.455. The highest BCUT2D eigenvalue weighted by Crippen LogP contribution is 2.29. The minimum Gasteiger partial charge on any atom is -0.487 e. The Balaban J connectivity index is 2.00. The first-order valence-corrected chi connectivity index (χ1v) is 5.38. The van der Waals surface area contributed by atoms with Crippen molar-refractivity contribution in [2.45, 2.75) is 25.0 Å². The van der Waals surface area contributed by atoms with Crippen LogP contribution in [0.25, 0.3) is 0 Å². The number of ether oxygens (including phenoxy) is 1. The number of hydrogen-bond donors (Lipinski definition) is 1. The zero-order chi connectivity index (χ0) is 12.4. The predicted molar refractivity (Wildman–Crippen MR) is 59.6 cm³/mol. The molecule has 1 saturated carbocycles. The molecule has 0 unspecified atom stereocenters. The molecule has 0 aliphatic heterocycles. The van der Waals surface area contributed by atoms with E-state index < -0.39 is 10.7 Å². The van der Waals surface area contributed by atoms with Crippen LogP contribution in [0.5, 0.6) is 5.75 Å². The van der Waals surface area contributed by atoms with E-state index >= 15 is 0 Å². The normalized spacial score (nSPS) is 22.9. The third kappa shape index (κ3) is 2.52. The van der Waals surface area contributed by atoms with Crippen molar-refractivity contribution in [3.8, 4) is 5.75 Å². The lowest BCUT2D eigenvalue weighted by atomic mass is 9.89. The van der Waals surface area contributed by atoms with Crippen LogP contribution < -0.4 is 10.1 Å². The number of nitrogens with zero attached hydrogens (tertiary/aromatic N) is 1. The molecule has 0 heterocycles. The van der Waals surface area contributed by atoms with E-state index in [0.717, 1.165) is 18.9 Å². The molecule has 5 nitrogen and oxygen atoms in total. The lowest BCUT2D eigenvalue weighted by Crippen LogP contribution is -2.45. The summed E-state index contributed by atoms with van der Waals surface area (Å²) in [4.78, 5) is 9.79. The maximum absolute atomic E-state index is 13.5. The Hall–Kier alpha value is -1.69. The number of nitro groups is 1. The zero-order valence-electron chi connectivity index (χ0n) is 9.35. The van der Waals surface area contributed by atoms with Gasteiger partial charge in [0.2, 0.25) is 0 Å². The second-order valence-electron chi connectivity index (χ2n) is 4.07. The van der Waals surface area contributed by atoms with Crippen LogP contribution in [0, 0.1) is 15.9 Å². The van der Waals surface area contributed by atoms with Crippen molar-refractivity contribution in [2.75, 3.05) is 7.05 Å². The summed E-state index contributed by atoms with van der Waals surface area (Å²) in [6, 6.07) is 3.84. The molecule has 0 amide bonds. The van der Waals surface area contributed by atoms with Crippen molar-refractivity contribution in [3.63, 3.8) is 0 Å². The molecule has 1 aromatic carbocycles. The van der Waals surface area contributed by atoms with Crippen LogP contribution in [0.2, 0.25) is 0 Å². The van der Waals surface area contributed by atoms with Gasteiger partial charge < -0.3 is 10.1 Å². The number of non-ortho nitro benzene ring substituents is 1. The molecule has 1 aliphatic carbocycles. The van der Waals surface area contributed by atoms with Gasteiger partial charge in [0, 0.05) is 12.1 Å². The largest absolute Gasteiger partial charge is 0.487 e. The average Bonchev–Trinajstić information content (AvgIpc) is 2.24. The van der Waals surface area contributed by atoms with Gasteiger partial charge in [-0.15, -0.1) is 0 Å². The van der Waals surface area contributed by atoms with Crippen molar-refractivity contribution in [1.29, 1.82) is 0 Å². The van der Waals surface area contributed by atoms with E-state index in [4.69, 9.17) is 4.74 Å². The quantitative estimate of drug-likeness (QED) is 0.644. The van der Waals surface area contributed by atoms with Crippen molar-refractivity contribution in [2.24, 2.45) is 0 Å². The molecule has 1 aromatic rings. The SMILES string of the molecule is CNC1CC(Oc2ccc([N+](=O)[O-])cc2F)C1. The maximum atomic E-state index is 13.5. The first-order chi connectivity index (χ1) is 8.10. The predicted octanol–water partition coefficient (Wildman–Crippen LogP) is 1.86. The monoisotopic (exact) mass is 240 g/mol. The van der Waals surface area contributed by atoms with Gasteiger partial charge in [0.1, 0.15) is 6.10 Å². The molecule has 0 radical (unpaired) electrons. The molecule has 0 spiro atoms. The molecule has 0 atom stereocenters. The van der Waals surface area contributed by atoms with Gasteiger partial charge in [0.05, 0.1) is 11.0 Å². The standard InChI is InChI=1S/C11H13FN2O3/c1-13-7-4-9(5-7)17-11-3-2-8(14(15)16)6-10(11)12/h2-3,6-7,9,13H,4-5H2,1H3. The summed E-state index contributed by atoms with van der Waals surface area (Å²) < 4.78 is 18.9. The first kappa shape index (κ1) is 11.8. The lowest BCUT2D eigenvalue weighted by molar-refractivity contribution is -0.385. The Kier molecular flexibility index (Phi) is 3.23. The Bertz CT molecular complexity index is 433. The molecule has 1 N–H and O–H groups in total. The summed E-state index contributed by atoms with van der Waals surface area (Å²) in [6.45, 7) is 0. The maximum Gasteiger partial charge on any atom is 0.272 e. The van der Waals surface area contributed by atoms with E-state index in [1.807, 2.05) is 7.05 Å². The average molecular weight is 240 g/mol. The Labute approximate surface area is 97.7 Å². The minimum atomic E-state index is -0.688. The van der Waals surface area contributed by atoms with Gasteiger partial charge >= 0.3 is 0 Å². The molecule has 1 aliphatic rings. The third-order valence-corrected chi connectivity index (χ3v) is 2.92. The number of rotatable bonds is 4. The highest BCUT2D eigenvalue weighted by molar-refractivity contribution is 5.37. The van der Waals surface area contributed by atoms with Crippen molar-refractivity contribution in [1.82, 2.24) is 5.32 Å². The Morgan fingerprint density at radius 1 is 1.53 bits per heavy atom. The van der Waals surface area contributed by atoms with Crippen LogP contribution in [0.4, 0.5) is 10.1 Å². The summed E-state index contributed by atoms with van der Waals surface area (Å²) in [5, 5.41) is 13.5. The molecule has 0 bridgehead atoms. The number of nitro benzene ring substituents is 1. The smallest absolute Gasteiger partial charge is 0.272 e. The van der Waals surface area contributed by atoms with Crippen LogP contribution in [-0.4, -0.2) is 24.1 Å². The van der Waals surface area contributed by atoms with Crippen LogP contribution in [0.15, 0.2) is 18.2 Å². The van der Waals surface area contributed by atoms with E-state index in [1.165, 1.54) is 12.1 Å². The highest BCUT2D eigenvalue weighted by Gasteiger charge is 2.30. The van der Waals surface area contributed by atoms with Gasteiger partial charge in [-0.1, -0.05) is 0 Å². The summed E-state index contributed by atoms with van der Waals surface area (Å²) in [6.07, 6.45) is 1.64. The van der Waals surface area contributed by atoms with E-state index in [-0.39, 0.29) is 17.5 Å². The van der Waals surface area contributed by atoms with Crippen molar-refractivity contribution >= 4 is 5.69 Å². The Morgan fingerprint density at radius 2 is 2.24 bits per heavy atom. The third-order valence-electron chi connectivity index (χ3n) is 2.92. The molecular weight excluding hydrogens is 227 g/mol. The van der Waals surface area contributed by atoms with Gasteiger partial charge in [0.15, 0.2) is 11.6 Å². The number of benzene rings is 1. The fourth-order valence-corrected chi connectivity index (χ4v) is 1.78. The number of halogens is 1. The highest BCUT2D eigenvalue weighted by atomic mass is 19.1. The zero-order valence-corrected chi connectivity index (χ0v) is 9.35. The summed E-state index contributed by atoms with van der Waals surface area (Å²) in [7, 11) is 1.87. The molecule has 17 heavy (non-hydrogen) atoms. The first-order valence-electron chi connectivity index (χ1n) is 5.38. The second kappa shape index (κ2) is 4.67. The molecule has 2 rings (SSSR count). The minimum absolute atomic E-state index is 0.0107. The molecule has 6 heteroatoms. The van der Waals surface area contributed by atoms with Gasteiger partial charge in [0.25, 0.3) is 5.69 Å². The summed E-state index contributed by atoms with van der Waals surface area (Å²) >= 11 is 0. The molecular formula is C11H13FN2O3. The van der Waals surface area contributed by atoms with E-state index in [0.29, 0.717) is 6.04 Å². The van der Waals surface area contributed by atoms with Gasteiger partial charge in [-0.05, 0) is 26.0 Å². The van der Waals surface area contributed by atoms with Crippen LogP contribution in [0.3, 0.4) is 0 Å². The van der Waals surface area contributed by atoms with Gasteiger partial charge in [-0.25, -0.2) is 4.39 Å². The summed E-state index contributed by atoms with van der Waals surface area (Å²) in [5.74, 6) is -0.609. The van der Waals surface area contributed by atoms with Crippen LogP contribution in [-0.2, 0) is 0 Å². The molecule has 1 fully saturated rings. The van der Waals surface area contributed by atoms with Crippen LogP contribution in [0.1, 0.15) is 12.8 Å². The topological polar surface area (TPSA) is 64.4 Å². The number of hydrogen-bond acceptors (Lipinski definition) is 4. The number of nitrogens with one attached hydrogen (secondary N) is 1. The van der Waals surface area contributed by atoms with Crippen LogP contribution >= 0.6 is 0 Å². The van der Waals surface area contributed by atoms with E-state index in [1.54, 1.807) is 0 Å². The van der Waals surface area contributed by atoms with Gasteiger partial charge in [-0.3, -0.25) is 10.1 Å². The molecule has 0 saturated heterocycles. The summed E-state index contributed by atoms with van der Waals surface area (Å²) in [5.41, 5.74) is -0.267. The van der Waals surface area contributed by atoms with Gasteiger partial charge in [-0.2, -0.15) is 0 Å². The van der Waals surface area contributed by atoms with Crippen molar-refractivity contribution in [3.05, 3.63) is 34.1 Å². The van der Waals surface area contributed by atoms with Crippen molar-refractivity contribution < 1.29 is 14.1 Å². The molecule has 92 valence electrons. The molecule has 0 aromatic heterocycles. The van der Waals surface area contributed by atoms with E-state index in [2.05, 4.69) is 5.32 Å². The lowest BCUT2D eigenvalue weighted by Gasteiger charge is -2.35. The fourth-order valence-electron chi connectivity index (χ4n) is 1.78.